The quantitative estimate of drug-likeness (QED) is 0.631. The monoisotopic (exact) mass is 380 g/mol. The molecule has 0 atom stereocenters. The molecule has 2 rings (SSSR count). The Kier molecular flexibility index (Phi) is 7.91. The molecule has 0 amide bonds. The van der Waals surface area contributed by atoms with Crippen LogP contribution in [-0.2, 0) is 16.1 Å². The van der Waals surface area contributed by atoms with Gasteiger partial charge in [-0.1, -0.05) is 31.2 Å². The maximum Gasteiger partial charge on any atom is 0.305 e. The van der Waals surface area contributed by atoms with E-state index in [0.29, 0.717) is 5.56 Å². The van der Waals surface area contributed by atoms with Gasteiger partial charge in [0.15, 0.2) is 0 Å². The molecule has 0 saturated carbocycles. The van der Waals surface area contributed by atoms with Gasteiger partial charge < -0.3 is 9.64 Å². The van der Waals surface area contributed by atoms with Gasteiger partial charge in [0.2, 0.25) is 0 Å². The fraction of sp³-hybridized carbons (Fsp3) is 0.304. The van der Waals surface area contributed by atoms with Crippen LogP contribution in [0.4, 0.5) is 4.39 Å². The van der Waals surface area contributed by atoms with Crippen molar-refractivity contribution < 1.29 is 13.9 Å². The Morgan fingerprint density at radius 2 is 1.93 bits per heavy atom. The molecule has 0 aliphatic carbocycles. The van der Waals surface area contributed by atoms with Crippen molar-refractivity contribution in [1.29, 1.82) is 5.26 Å². The summed E-state index contributed by atoms with van der Waals surface area (Å²) in [4.78, 5) is 13.7. The van der Waals surface area contributed by atoms with Gasteiger partial charge in [-0.3, -0.25) is 4.79 Å². The predicted octanol–water partition coefficient (Wildman–Crippen LogP) is 4.53. The molecular formula is C23H25FN2O2. The molecule has 5 heteroatoms. The molecule has 28 heavy (non-hydrogen) atoms. The van der Waals surface area contributed by atoms with E-state index in [1.165, 1.54) is 12.1 Å². The molecule has 0 spiro atoms. The van der Waals surface area contributed by atoms with Crippen LogP contribution in [-0.4, -0.2) is 31.5 Å². The number of halogens is 1. The largest absolute Gasteiger partial charge is 0.461 e. The maximum atomic E-state index is 13.4. The van der Waals surface area contributed by atoms with E-state index >= 15 is 0 Å². The van der Waals surface area contributed by atoms with Crippen LogP contribution >= 0.6 is 0 Å². The van der Waals surface area contributed by atoms with Gasteiger partial charge in [0.25, 0.3) is 0 Å². The fourth-order valence-corrected chi connectivity index (χ4v) is 2.79. The number of carbonyl (C=O) groups is 1. The number of hydrogen-bond donors (Lipinski definition) is 0. The highest BCUT2D eigenvalue weighted by atomic mass is 19.1. The fourth-order valence-electron chi connectivity index (χ4n) is 2.79. The van der Waals surface area contributed by atoms with Crippen molar-refractivity contribution >= 4 is 11.5 Å². The van der Waals surface area contributed by atoms with Crippen molar-refractivity contribution in [3.05, 3.63) is 76.6 Å². The molecule has 0 unspecified atom stereocenters. The lowest BCUT2D eigenvalue weighted by Gasteiger charge is -2.16. The zero-order valence-electron chi connectivity index (χ0n) is 16.5. The van der Waals surface area contributed by atoms with Crippen LogP contribution in [0.1, 0.15) is 42.0 Å². The lowest BCUT2D eigenvalue weighted by atomic mass is 9.92. The summed E-state index contributed by atoms with van der Waals surface area (Å²) in [5, 5.41) is 9.25. The second-order valence-electron chi connectivity index (χ2n) is 6.71. The summed E-state index contributed by atoms with van der Waals surface area (Å²) < 4.78 is 18.7. The average molecular weight is 380 g/mol. The Morgan fingerprint density at radius 3 is 2.54 bits per heavy atom. The van der Waals surface area contributed by atoms with Crippen LogP contribution in [0.2, 0.25) is 0 Å². The number of hydrogen-bond acceptors (Lipinski definition) is 4. The van der Waals surface area contributed by atoms with Crippen LogP contribution in [0.25, 0.3) is 5.57 Å². The minimum absolute atomic E-state index is 0.0870. The smallest absolute Gasteiger partial charge is 0.305 e. The van der Waals surface area contributed by atoms with E-state index in [2.05, 4.69) is 17.0 Å². The van der Waals surface area contributed by atoms with Gasteiger partial charge in [0.05, 0.1) is 11.6 Å². The Hall–Kier alpha value is -2.97. The first-order valence-electron chi connectivity index (χ1n) is 9.24. The lowest BCUT2D eigenvalue weighted by molar-refractivity contribution is -0.144. The van der Waals surface area contributed by atoms with Gasteiger partial charge in [-0.05, 0) is 67.0 Å². The zero-order chi connectivity index (χ0) is 20.5. The van der Waals surface area contributed by atoms with E-state index in [1.54, 1.807) is 31.2 Å². The molecule has 0 radical (unpaired) electrons. The number of nitriles is 1. The van der Waals surface area contributed by atoms with E-state index in [4.69, 9.17) is 4.74 Å². The highest BCUT2D eigenvalue weighted by Crippen LogP contribution is 2.29. The van der Waals surface area contributed by atoms with E-state index in [-0.39, 0.29) is 24.8 Å². The molecule has 0 aromatic heterocycles. The summed E-state index contributed by atoms with van der Waals surface area (Å²) in [5.74, 6) is -0.596. The number of rotatable bonds is 8. The molecule has 0 saturated heterocycles. The third-order valence-electron chi connectivity index (χ3n) is 4.28. The van der Waals surface area contributed by atoms with E-state index in [0.717, 1.165) is 35.2 Å². The summed E-state index contributed by atoms with van der Waals surface area (Å²) in [6.45, 7) is 2.69. The molecule has 0 heterocycles. The molecule has 4 nitrogen and oxygen atoms in total. The van der Waals surface area contributed by atoms with Gasteiger partial charge in [0, 0.05) is 13.0 Å². The average Bonchev–Trinajstić information content (AvgIpc) is 2.70. The molecule has 2 aromatic rings. The van der Waals surface area contributed by atoms with Crippen LogP contribution in [0.3, 0.4) is 0 Å². The number of esters is 1. The molecule has 0 fully saturated rings. The van der Waals surface area contributed by atoms with Crippen molar-refractivity contribution in [2.24, 2.45) is 0 Å². The summed E-state index contributed by atoms with van der Waals surface area (Å²) >= 11 is 0. The first kappa shape index (κ1) is 21.3. The number of ether oxygens (including phenoxy) is 1. The molecule has 0 bridgehead atoms. The zero-order valence-corrected chi connectivity index (χ0v) is 16.5. The first-order chi connectivity index (χ1) is 13.4. The minimum atomic E-state index is -0.298. The molecule has 0 aliphatic rings. The van der Waals surface area contributed by atoms with Gasteiger partial charge in [0.1, 0.15) is 12.4 Å². The standard InChI is InChI=1S/C23H25FN2O2/c1-4-23(27)28-16-19-14-17(15-25)7-12-22(19)21(6-5-13-26(2)3)18-8-10-20(24)11-9-18/h6-12,14H,4-5,13,16H2,1-3H3. The van der Waals surface area contributed by atoms with Crippen molar-refractivity contribution in [1.82, 2.24) is 4.90 Å². The van der Waals surface area contributed by atoms with Crippen molar-refractivity contribution in [2.45, 2.75) is 26.4 Å². The Labute approximate surface area is 165 Å². The lowest BCUT2D eigenvalue weighted by Crippen LogP contribution is -2.12. The molecule has 146 valence electrons. The van der Waals surface area contributed by atoms with E-state index < -0.39 is 0 Å². The molecule has 0 N–H and O–H groups in total. The normalized spacial score (nSPS) is 11.4. The van der Waals surface area contributed by atoms with Crippen molar-refractivity contribution in [3.8, 4) is 6.07 Å². The third kappa shape index (κ3) is 6.04. The van der Waals surface area contributed by atoms with Gasteiger partial charge in [-0.15, -0.1) is 0 Å². The van der Waals surface area contributed by atoms with Crippen LogP contribution in [0.15, 0.2) is 48.5 Å². The predicted molar refractivity (Wildman–Crippen MR) is 108 cm³/mol. The van der Waals surface area contributed by atoms with Crippen molar-refractivity contribution in [2.75, 3.05) is 20.6 Å². The summed E-state index contributed by atoms with van der Waals surface area (Å²) in [5.41, 5.74) is 3.91. The number of benzene rings is 2. The highest BCUT2D eigenvalue weighted by Gasteiger charge is 2.13. The van der Waals surface area contributed by atoms with E-state index in [1.807, 2.05) is 20.2 Å². The van der Waals surface area contributed by atoms with Gasteiger partial charge in [-0.2, -0.15) is 5.26 Å². The Bertz CT molecular complexity index is 880. The minimum Gasteiger partial charge on any atom is -0.461 e. The molecule has 0 aliphatic heterocycles. The van der Waals surface area contributed by atoms with Crippen LogP contribution in [0, 0.1) is 17.1 Å². The van der Waals surface area contributed by atoms with Gasteiger partial charge in [-0.25, -0.2) is 4.39 Å². The SMILES string of the molecule is CCC(=O)OCc1cc(C#N)ccc1C(=CCCN(C)C)c1ccc(F)cc1. The topological polar surface area (TPSA) is 53.3 Å². The van der Waals surface area contributed by atoms with Crippen LogP contribution in [0.5, 0.6) is 0 Å². The van der Waals surface area contributed by atoms with E-state index in [9.17, 15) is 14.4 Å². The summed E-state index contributed by atoms with van der Waals surface area (Å²) in [6, 6.07) is 13.8. The second kappa shape index (κ2) is 10.4. The number of nitrogens with zero attached hydrogens (tertiary/aromatic N) is 2. The highest BCUT2D eigenvalue weighted by molar-refractivity contribution is 5.82. The first-order valence-corrected chi connectivity index (χ1v) is 9.24. The number of carbonyl (C=O) groups excluding carboxylic acids is 1. The maximum absolute atomic E-state index is 13.4. The van der Waals surface area contributed by atoms with Crippen LogP contribution < -0.4 is 0 Å². The van der Waals surface area contributed by atoms with Gasteiger partial charge >= 0.3 is 5.97 Å². The molecular weight excluding hydrogens is 355 g/mol. The second-order valence-corrected chi connectivity index (χ2v) is 6.71. The Balaban J connectivity index is 2.49. The summed E-state index contributed by atoms with van der Waals surface area (Å²) in [7, 11) is 4.01. The van der Waals surface area contributed by atoms with Crippen molar-refractivity contribution in [3.63, 3.8) is 0 Å². The molecule has 2 aromatic carbocycles. The third-order valence-corrected chi connectivity index (χ3v) is 4.28. The Morgan fingerprint density at radius 1 is 1.21 bits per heavy atom. The summed E-state index contributed by atoms with van der Waals surface area (Å²) in [6.07, 6.45) is 3.18.